The Morgan fingerprint density at radius 1 is 1.04 bits per heavy atom. The summed E-state index contributed by atoms with van der Waals surface area (Å²) in [4.78, 5) is 26.2. The molecule has 3 rings (SSSR count). The third-order valence-electron chi connectivity index (χ3n) is 5.36. The van der Waals surface area contributed by atoms with Gasteiger partial charge in [0.25, 0.3) is 5.91 Å². The second-order valence-corrected chi connectivity index (χ2v) is 7.15. The Kier molecular flexibility index (Phi) is 6.31. The lowest BCUT2D eigenvalue weighted by molar-refractivity contribution is -0.135. The molecule has 1 aromatic carbocycles. The van der Waals surface area contributed by atoms with Gasteiger partial charge in [0.05, 0.1) is 0 Å². The fourth-order valence-electron chi connectivity index (χ4n) is 3.72. The number of ether oxygens (including phenoxy) is 1. The van der Waals surface area contributed by atoms with Crippen LogP contribution in [-0.4, -0.2) is 43.0 Å². The maximum absolute atomic E-state index is 12.2. The number of carbonyl (C=O) groups excluding carboxylic acids is 2. The number of benzene rings is 1. The van der Waals surface area contributed by atoms with E-state index in [1.165, 1.54) is 12.8 Å². The SMILES string of the molecule is O=C(NCC1CCN(C(=O)COc2ccccc2)CC1)C1CCCC1. The lowest BCUT2D eigenvalue weighted by atomic mass is 9.96. The third kappa shape index (κ3) is 5.21. The first kappa shape index (κ1) is 17.8. The average molecular weight is 344 g/mol. The zero-order valence-corrected chi connectivity index (χ0v) is 14.8. The molecule has 2 amide bonds. The Morgan fingerprint density at radius 3 is 2.40 bits per heavy atom. The van der Waals surface area contributed by atoms with Crippen molar-refractivity contribution in [3.05, 3.63) is 30.3 Å². The first-order chi connectivity index (χ1) is 12.2. The Labute approximate surface area is 149 Å². The highest BCUT2D eigenvalue weighted by Crippen LogP contribution is 2.25. The normalized spacial score (nSPS) is 19.0. The largest absolute Gasteiger partial charge is 0.484 e. The Hall–Kier alpha value is -2.04. The van der Waals surface area contributed by atoms with Gasteiger partial charge in [0.15, 0.2) is 6.61 Å². The number of likely N-dealkylation sites (tertiary alicyclic amines) is 1. The van der Waals surface area contributed by atoms with Gasteiger partial charge in [-0.2, -0.15) is 0 Å². The van der Waals surface area contributed by atoms with Crippen molar-refractivity contribution in [3.8, 4) is 5.75 Å². The molecule has 5 heteroatoms. The van der Waals surface area contributed by atoms with E-state index in [9.17, 15) is 9.59 Å². The van der Waals surface area contributed by atoms with E-state index < -0.39 is 0 Å². The zero-order chi connectivity index (χ0) is 17.5. The number of amides is 2. The number of nitrogens with zero attached hydrogens (tertiary/aromatic N) is 1. The van der Waals surface area contributed by atoms with Crippen molar-refractivity contribution in [1.82, 2.24) is 10.2 Å². The predicted octanol–water partition coefficient (Wildman–Crippen LogP) is 2.61. The van der Waals surface area contributed by atoms with Crippen LogP contribution in [0.1, 0.15) is 38.5 Å². The predicted molar refractivity (Wildman–Crippen MR) is 96.2 cm³/mol. The van der Waals surface area contributed by atoms with E-state index in [0.29, 0.717) is 5.92 Å². The lowest BCUT2D eigenvalue weighted by Crippen LogP contribution is -2.43. The second-order valence-electron chi connectivity index (χ2n) is 7.15. The molecule has 0 unspecified atom stereocenters. The van der Waals surface area contributed by atoms with Crippen molar-refractivity contribution >= 4 is 11.8 Å². The van der Waals surface area contributed by atoms with Gasteiger partial charge in [0, 0.05) is 25.6 Å². The summed E-state index contributed by atoms with van der Waals surface area (Å²) >= 11 is 0. The molecule has 1 N–H and O–H groups in total. The summed E-state index contributed by atoms with van der Waals surface area (Å²) in [5.74, 6) is 1.70. The van der Waals surface area contributed by atoms with Gasteiger partial charge < -0.3 is 15.0 Å². The number of rotatable bonds is 6. The van der Waals surface area contributed by atoms with Crippen LogP contribution >= 0.6 is 0 Å². The van der Waals surface area contributed by atoms with Gasteiger partial charge in [-0.15, -0.1) is 0 Å². The molecule has 1 aromatic rings. The van der Waals surface area contributed by atoms with Gasteiger partial charge in [-0.3, -0.25) is 9.59 Å². The van der Waals surface area contributed by atoms with Crippen LogP contribution < -0.4 is 10.1 Å². The highest BCUT2D eigenvalue weighted by molar-refractivity contribution is 5.79. The maximum atomic E-state index is 12.2. The highest BCUT2D eigenvalue weighted by atomic mass is 16.5. The van der Waals surface area contributed by atoms with E-state index in [4.69, 9.17) is 4.74 Å². The molecule has 0 atom stereocenters. The van der Waals surface area contributed by atoms with Gasteiger partial charge in [0.1, 0.15) is 5.75 Å². The Balaban J connectivity index is 1.33. The second kappa shape index (κ2) is 8.88. The number of nitrogens with one attached hydrogen (secondary N) is 1. The fraction of sp³-hybridized carbons (Fsp3) is 0.600. The Bertz CT molecular complexity index is 562. The van der Waals surface area contributed by atoms with E-state index in [0.717, 1.165) is 51.1 Å². The summed E-state index contributed by atoms with van der Waals surface area (Å²) in [7, 11) is 0. The fourth-order valence-corrected chi connectivity index (χ4v) is 3.72. The zero-order valence-electron chi connectivity index (χ0n) is 14.8. The first-order valence-corrected chi connectivity index (χ1v) is 9.45. The minimum Gasteiger partial charge on any atom is -0.484 e. The number of carbonyl (C=O) groups is 2. The standard InChI is InChI=1S/C20H28N2O3/c23-19(15-25-18-8-2-1-3-9-18)22-12-10-16(11-13-22)14-21-20(24)17-6-4-5-7-17/h1-3,8-9,16-17H,4-7,10-15H2,(H,21,24). The van der Waals surface area contributed by atoms with Gasteiger partial charge in [-0.25, -0.2) is 0 Å². The van der Waals surface area contributed by atoms with E-state index in [1.54, 1.807) is 0 Å². The topological polar surface area (TPSA) is 58.6 Å². The molecule has 2 fully saturated rings. The van der Waals surface area contributed by atoms with Gasteiger partial charge in [-0.05, 0) is 43.7 Å². The monoisotopic (exact) mass is 344 g/mol. The van der Waals surface area contributed by atoms with Gasteiger partial charge >= 0.3 is 0 Å². The maximum Gasteiger partial charge on any atom is 0.260 e. The minimum atomic E-state index is 0.0392. The average Bonchev–Trinajstić information content (AvgIpc) is 3.20. The van der Waals surface area contributed by atoms with Gasteiger partial charge in [-0.1, -0.05) is 31.0 Å². The lowest BCUT2D eigenvalue weighted by Gasteiger charge is -2.32. The first-order valence-electron chi connectivity index (χ1n) is 9.45. The summed E-state index contributed by atoms with van der Waals surface area (Å²) in [6.07, 6.45) is 6.34. The molecule has 5 nitrogen and oxygen atoms in total. The summed E-state index contributed by atoms with van der Waals surface area (Å²) in [6, 6.07) is 9.42. The van der Waals surface area contributed by atoms with Crippen molar-refractivity contribution in [3.63, 3.8) is 0 Å². The molecule has 25 heavy (non-hydrogen) atoms. The molecule has 1 aliphatic heterocycles. The van der Waals surface area contributed by atoms with Crippen LogP contribution in [0.4, 0.5) is 0 Å². The van der Waals surface area contributed by atoms with Crippen LogP contribution in [0.25, 0.3) is 0 Å². The van der Waals surface area contributed by atoms with E-state index in [-0.39, 0.29) is 24.3 Å². The molecule has 1 aliphatic carbocycles. The van der Waals surface area contributed by atoms with Gasteiger partial charge in [0.2, 0.25) is 5.91 Å². The van der Waals surface area contributed by atoms with Crippen LogP contribution in [-0.2, 0) is 9.59 Å². The van der Waals surface area contributed by atoms with Crippen LogP contribution in [0.5, 0.6) is 5.75 Å². The molecular weight excluding hydrogens is 316 g/mol. The van der Waals surface area contributed by atoms with Crippen molar-refractivity contribution in [2.75, 3.05) is 26.2 Å². The van der Waals surface area contributed by atoms with Crippen molar-refractivity contribution < 1.29 is 14.3 Å². The molecule has 1 saturated heterocycles. The van der Waals surface area contributed by atoms with Crippen LogP contribution in [0.15, 0.2) is 30.3 Å². The summed E-state index contributed by atoms with van der Waals surface area (Å²) in [5.41, 5.74) is 0. The minimum absolute atomic E-state index is 0.0392. The quantitative estimate of drug-likeness (QED) is 0.863. The number of para-hydroxylation sites is 1. The molecule has 136 valence electrons. The molecule has 0 radical (unpaired) electrons. The molecule has 0 aromatic heterocycles. The van der Waals surface area contributed by atoms with Crippen molar-refractivity contribution in [1.29, 1.82) is 0 Å². The summed E-state index contributed by atoms with van der Waals surface area (Å²) < 4.78 is 5.54. The van der Waals surface area contributed by atoms with E-state index >= 15 is 0 Å². The summed E-state index contributed by atoms with van der Waals surface area (Å²) in [5, 5.41) is 3.12. The molecule has 1 saturated carbocycles. The number of hydrogen-bond donors (Lipinski definition) is 1. The van der Waals surface area contributed by atoms with E-state index in [2.05, 4.69) is 5.32 Å². The smallest absolute Gasteiger partial charge is 0.260 e. The van der Waals surface area contributed by atoms with Crippen LogP contribution in [0.3, 0.4) is 0 Å². The molecule has 1 heterocycles. The number of piperidine rings is 1. The van der Waals surface area contributed by atoms with Crippen LogP contribution in [0, 0.1) is 11.8 Å². The van der Waals surface area contributed by atoms with Crippen LogP contribution in [0.2, 0.25) is 0 Å². The van der Waals surface area contributed by atoms with E-state index in [1.807, 2.05) is 35.2 Å². The Morgan fingerprint density at radius 2 is 1.72 bits per heavy atom. The highest BCUT2D eigenvalue weighted by Gasteiger charge is 2.26. The summed E-state index contributed by atoms with van der Waals surface area (Å²) in [6.45, 7) is 2.34. The molecule has 0 bridgehead atoms. The molecular formula is C20H28N2O3. The van der Waals surface area contributed by atoms with Crippen molar-refractivity contribution in [2.45, 2.75) is 38.5 Å². The molecule has 2 aliphatic rings. The van der Waals surface area contributed by atoms with Crippen molar-refractivity contribution in [2.24, 2.45) is 11.8 Å². The third-order valence-corrected chi connectivity index (χ3v) is 5.36. The molecule has 0 spiro atoms. The number of hydrogen-bond acceptors (Lipinski definition) is 3.